The molecule has 2 amide bonds. The summed E-state index contributed by atoms with van der Waals surface area (Å²) >= 11 is 4.23. The van der Waals surface area contributed by atoms with Crippen LogP contribution in [0.1, 0.15) is 31.7 Å². The zero-order valence-corrected chi connectivity index (χ0v) is 10.6. The number of carbonyl (C=O) groups is 2. The lowest BCUT2D eigenvalue weighted by Crippen LogP contribution is -2.51. The molecule has 90 valence electrons. The Kier molecular flexibility index (Phi) is 3.24. The molecule has 0 spiro atoms. The van der Waals surface area contributed by atoms with Gasteiger partial charge in [0.05, 0.1) is 5.41 Å². The number of rotatable bonds is 2. The predicted octanol–water partition coefficient (Wildman–Crippen LogP) is 2.06. The topological polar surface area (TPSA) is 46.2 Å². The van der Waals surface area contributed by atoms with Gasteiger partial charge in [-0.3, -0.25) is 14.9 Å². The molecule has 1 atom stereocenters. The molecular weight excluding hydrogens is 234 g/mol. The summed E-state index contributed by atoms with van der Waals surface area (Å²) in [5.41, 5.74) is 0.401. The van der Waals surface area contributed by atoms with Gasteiger partial charge in [-0.05, 0) is 30.5 Å². The van der Waals surface area contributed by atoms with Gasteiger partial charge in [0, 0.05) is 11.3 Å². The highest BCUT2D eigenvalue weighted by Gasteiger charge is 2.42. The van der Waals surface area contributed by atoms with Crippen LogP contribution < -0.4 is 5.32 Å². The van der Waals surface area contributed by atoms with Crippen LogP contribution in [0.5, 0.6) is 0 Å². The summed E-state index contributed by atoms with van der Waals surface area (Å²) in [6.07, 6.45) is 1.68. The minimum Gasteiger partial charge on any atom is -0.296 e. The summed E-state index contributed by atoms with van der Waals surface area (Å²) in [5, 5.41) is 2.44. The molecule has 1 heterocycles. The fourth-order valence-corrected chi connectivity index (χ4v) is 2.50. The lowest BCUT2D eigenvalue weighted by molar-refractivity contribution is -0.138. The van der Waals surface area contributed by atoms with Gasteiger partial charge in [-0.1, -0.05) is 19.1 Å². The molecule has 3 nitrogen and oxygen atoms in total. The maximum atomic E-state index is 12.1. The van der Waals surface area contributed by atoms with Crippen molar-refractivity contribution in [2.75, 3.05) is 0 Å². The number of piperidine rings is 1. The van der Waals surface area contributed by atoms with Crippen molar-refractivity contribution in [1.82, 2.24) is 5.32 Å². The highest BCUT2D eigenvalue weighted by atomic mass is 32.1. The third-order valence-electron chi connectivity index (χ3n) is 3.49. The number of carbonyl (C=O) groups excluding carboxylic acids is 2. The first-order valence-electron chi connectivity index (χ1n) is 5.72. The zero-order valence-electron chi connectivity index (χ0n) is 9.69. The van der Waals surface area contributed by atoms with Crippen molar-refractivity contribution in [3.05, 3.63) is 29.8 Å². The van der Waals surface area contributed by atoms with E-state index in [9.17, 15) is 9.59 Å². The molecule has 1 aromatic carbocycles. The summed E-state index contributed by atoms with van der Waals surface area (Å²) in [5.74, 6) is -0.354. The summed E-state index contributed by atoms with van der Waals surface area (Å²) in [6, 6.07) is 7.58. The highest BCUT2D eigenvalue weighted by molar-refractivity contribution is 7.80. The minimum atomic E-state index is -0.560. The normalized spacial score (nSPS) is 24.6. The quantitative estimate of drug-likeness (QED) is 0.622. The van der Waals surface area contributed by atoms with E-state index < -0.39 is 5.41 Å². The van der Waals surface area contributed by atoms with Gasteiger partial charge >= 0.3 is 0 Å². The molecule has 0 saturated carbocycles. The van der Waals surface area contributed by atoms with Gasteiger partial charge in [0.25, 0.3) is 0 Å². The van der Waals surface area contributed by atoms with Crippen molar-refractivity contribution in [2.45, 2.75) is 36.5 Å². The molecule has 0 unspecified atom stereocenters. The number of hydrogen-bond donors (Lipinski definition) is 2. The van der Waals surface area contributed by atoms with E-state index in [0.29, 0.717) is 19.3 Å². The first kappa shape index (κ1) is 12.2. The van der Waals surface area contributed by atoms with Crippen LogP contribution in [0.3, 0.4) is 0 Å². The van der Waals surface area contributed by atoms with E-state index in [4.69, 9.17) is 0 Å². The molecule has 0 aromatic heterocycles. The van der Waals surface area contributed by atoms with Crippen molar-refractivity contribution in [2.24, 2.45) is 0 Å². The van der Waals surface area contributed by atoms with Crippen LogP contribution in [0.4, 0.5) is 0 Å². The number of imide groups is 1. The lowest BCUT2D eigenvalue weighted by Gasteiger charge is -2.34. The SMILES string of the molecule is CC[C@]1(c2ccc(S)cc2)CCC(=O)NC1=O. The summed E-state index contributed by atoms with van der Waals surface area (Å²) in [4.78, 5) is 24.2. The lowest BCUT2D eigenvalue weighted by atomic mass is 9.72. The number of thiol groups is 1. The van der Waals surface area contributed by atoms with Gasteiger partial charge in [0.1, 0.15) is 0 Å². The molecule has 0 radical (unpaired) electrons. The van der Waals surface area contributed by atoms with Crippen molar-refractivity contribution < 1.29 is 9.59 Å². The molecule has 2 rings (SSSR count). The summed E-state index contributed by atoms with van der Waals surface area (Å²) in [7, 11) is 0. The fourth-order valence-electron chi connectivity index (χ4n) is 2.35. The van der Waals surface area contributed by atoms with Gasteiger partial charge in [-0.25, -0.2) is 0 Å². The molecule has 1 aliphatic heterocycles. The molecule has 4 heteroatoms. The van der Waals surface area contributed by atoms with Crippen LogP contribution in [0, 0.1) is 0 Å². The predicted molar refractivity (Wildman–Crippen MR) is 68.0 cm³/mol. The van der Waals surface area contributed by atoms with Crippen LogP contribution in [0.25, 0.3) is 0 Å². The summed E-state index contributed by atoms with van der Waals surface area (Å²) in [6.45, 7) is 1.98. The number of nitrogens with one attached hydrogen (secondary N) is 1. The average Bonchev–Trinajstić information content (AvgIpc) is 2.31. The molecule has 0 bridgehead atoms. The number of amides is 2. The maximum Gasteiger partial charge on any atom is 0.237 e. The maximum absolute atomic E-state index is 12.1. The first-order chi connectivity index (χ1) is 8.08. The van der Waals surface area contributed by atoms with Gasteiger partial charge in [-0.2, -0.15) is 0 Å². The van der Waals surface area contributed by atoms with Crippen molar-refractivity contribution in [3.63, 3.8) is 0 Å². The van der Waals surface area contributed by atoms with Crippen LogP contribution in [-0.2, 0) is 15.0 Å². The van der Waals surface area contributed by atoms with Gasteiger partial charge in [0.2, 0.25) is 11.8 Å². The Balaban J connectivity index is 2.40. The average molecular weight is 249 g/mol. The second-order valence-corrected chi connectivity index (χ2v) is 4.88. The zero-order chi connectivity index (χ0) is 12.5. The first-order valence-corrected chi connectivity index (χ1v) is 6.17. The Morgan fingerprint density at radius 2 is 1.94 bits per heavy atom. The van der Waals surface area contributed by atoms with E-state index in [1.54, 1.807) is 0 Å². The number of hydrogen-bond acceptors (Lipinski definition) is 3. The molecule has 17 heavy (non-hydrogen) atoms. The molecule has 1 N–H and O–H groups in total. The third-order valence-corrected chi connectivity index (χ3v) is 3.79. The Bertz CT molecular complexity index is 455. The smallest absolute Gasteiger partial charge is 0.237 e. The molecule has 1 aromatic rings. The Labute approximate surface area is 106 Å². The van der Waals surface area contributed by atoms with Crippen molar-refractivity contribution in [3.8, 4) is 0 Å². The minimum absolute atomic E-state index is 0.176. The van der Waals surface area contributed by atoms with Crippen LogP contribution in [-0.4, -0.2) is 11.8 Å². The summed E-state index contributed by atoms with van der Waals surface area (Å²) < 4.78 is 0. The second-order valence-electron chi connectivity index (χ2n) is 4.36. The molecule has 1 aliphatic rings. The van der Waals surface area contributed by atoms with E-state index >= 15 is 0 Å². The Morgan fingerprint density at radius 3 is 2.47 bits per heavy atom. The van der Waals surface area contributed by atoms with Crippen LogP contribution >= 0.6 is 12.6 Å². The van der Waals surface area contributed by atoms with Crippen molar-refractivity contribution >= 4 is 24.4 Å². The van der Waals surface area contributed by atoms with Crippen LogP contribution in [0.2, 0.25) is 0 Å². The molecular formula is C13H15NO2S. The highest BCUT2D eigenvalue weighted by Crippen LogP contribution is 2.35. The molecule has 0 aliphatic carbocycles. The second kappa shape index (κ2) is 4.53. The van der Waals surface area contributed by atoms with E-state index in [2.05, 4.69) is 17.9 Å². The van der Waals surface area contributed by atoms with E-state index in [1.807, 2.05) is 31.2 Å². The van der Waals surface area contributed by atoms with Gasteiger partial charge < -0.3 is 0 Å². The molecule has 1 fully saturated rings. The largest absolute Gasteiger partial charge is 0.296 e. The van der Waals surface area contributed by atoms with Gasteiger partial charge in [-0.15, -0.1) is 12.6 Å². The number of benzene rings is 1. The van der Waals surface area contributed by atoms with Crippen molar-refractivity contribution in [1.29, 1.82) is 0 Å². The van der Waals surface area contributed by atoms with Crippen LogP contribution in [0.15, 0.2) is 29.2 Å². The third kappa shape index (κ3) is 2.09. The Morgan fingerprint density at radius 1 is 1.29 bits per heavy atom. The Hall–Kier alpha value is -1.29. The van der Waals surface area contributed by atoms with E-state index in [0.717, 1.165) is 10.5 Å². The standard InChI is InChI=1S/C13H15NO2S/c1-2-13(8-7-11(15)14-12(13)16)9-3-5-10(17)6-4-9/h3-6,17H,2,7-8H2,1H3,(H,14,15,16)/t13-/m1/s1. The monoisotopic (exact) mass is 249 g/mol. The van der Waals surface area contributed by atoms with E-state index in [-0.39, 0.29) is 11.8 Å². The fraction of sp³-hybridized carbons (Fsp3) is 0.385. The van der Waals surface area contributed by atoms with Gasteiger partial charge in [0.15, 0.2) is 0 Å². The van der Waals surface area contributed by atoms with E-state index in [1.165, 1.54) is 0 Å². The molecule has 1 saturated heterocycles.